The van der Waals surface area contributed by atoms with Crippen molar-refractivity contribution in [3.05, 3.63) is 40.9 Å². The molecule has 0 saturated carbocycles. The van der Waals surface area contributed by atoms with Gasteiger partial charge >= 0.3 is 0 Å². The van der Waals surface area contributed by atoms with Gasteiger partial charge in [-0.1, -0.05) is 29.8 Å². The van der Waals surface area contributed by atoms with E-state index in [0.717, 1.165) is 5.56 Å². The van der Waals surface area contributed by atoms with Gasteiger partial charge in [-0.15, -0.1) is 0 Å². The summed E-state index contributed by atoms with van der Waals surface area (Å²) in [5.74, 6) is -0.132. The summed E-state index contributed by atoms with van der Waals surface area (Å²) in [6.45, 7) is 0. The Morgan fingerprint density at radius 3 is 2.74 bits per heavy atom. The second kappa shape index (κ2) is 5.75. The lowest BCUT2D eigenvalue weighted by Gasteiger charge is -2.07. The van der Waals surface area contributed by atoms with Gasteiger partial charge in [-0.25, -0.2) is 8.42 Å². The van der Waals surface area contributed by atoms with E-state index in [1.165, 1.54) is 6.08 Å². The minimum Gasteiger partial charge on any atom is -0.349 e. The maximum atomic E-state index is 11.7. The van der Waals surface area contributed by atoms with Crippen LogP contribution in [0, 0.1) is 0 Å². The van der Waals surface area contributed by atoms with E-state index in [-0.39, 0.29) is 23.5 Å². The van der Waals surface area contributed by atoms with Gasteiger partial charge in [0.05, 0.1) is 11.5 Å². The molecule has 2 rings (SSSR count). The minimum absolute atomic E-state index is 0.0265. The van der Waals surface area contributed by atoms with Crippen LogP contribution < -0.4 is 5.32 Å². The lowest BCUT2D eigenvalue weighted by atomic mass is 10.2. The molecule has 1 aliphatic rings. The van der Waals surface area contributed by atoms with Crippen LogP contribution in [0.4, 0.5) is 0 Å². The van der Waals surface area contributed by atoms with Crippen LogP contribution in [0.15, 0.2) is 30.3 Å². The number of nitrogens with one attached hydrogen (secondary N) is 1. The molecular formula is C13H14ClNO3S. The summed E-state index contributed by atoms with van der Waals surface area (Å²) in [4.78, 5) is 11.7. The highest BCUT2D eigenvalue weighted by Crippen LogP contribution is 2.16. The fraction of sp³-hybridized carbons (Fsp3) is 0.308. The number of benzene rings is 1. The zero-order valence-corrected chi connectivity index (χ0v) is 11.7. The van der Waals surface area contributed by atoms with Crippen molar-refractivity contribution in [2.45, 2.75) is 12.5 Å². The Hall–Kier alpha value is -1.33. The molecule has 1 atom stereocenters. The van der Waals surface area contributed by atoms with Crippen LogP contribution in [0.1, 0.15) is 12.0 Å². The average Bonchev–Trinajstić information content (AvgIpc) is 2.67. The topological polar surface area (TPSA) is 63.2 Å². The highest BCUT2D eigenvalue weighted by molar-refractivity contribution is 7.91. The number of carbonyl (C=O) groups is 1. The van der Waals surface area contributed by atoms with Crippen molar-refractivity contribution in [1.82, 2.24) is 5.32 Å². The third-order valence-electron chi connectivity index (χ3n) is 2.90. The Kier molecular flexibility index (Phi) is 4.27. The van der Waals surface area contributed by atoms with Crippen LogP contribution >= 0.6 is 11.6 Å². The predicted molar refractivity (Wildman–Crippen MR) is 75.7 cm³/mol. The normalized spacial score (nSPS) is 21.6. The molecule has 0 spiro atoms. The van der Waals surface area contributed by atoms with Crippen LogP contribution in [-0.4, -0.2) is 31.9 Å². The van der Waals surface area contributed by atoms with E-state index in [4.69, 9.17) is 11.6 Å². The summed E-state index contributed by atoms with van der Waals surface area (Å²) in [6, 6.07) is 6.89. The molecule has 1 amide bonds. The third kappa shape index (κ3) is 4.08. The molecule has 4 nitrogen and oxygen atoms in total. The molecule has 0 aromatic heterocycles. The quantitative estimate of drug-likeness (QED) is 0.863. The van der Waals surface area contributed by atoms with Crippen LogP contribution in [0.5, 0.6) is 0 Å². The van der Waals surface area contributed by atoms with Gasteiger partial charge in [0.25, 0.3) is 0 Å². The van der Waals surface area contributed by atoms with Crippen molar-refractivity contribution < 1.29 is 13.2 Å². The van der Waals surface area contributed by atoms with Crippen LogP contribution in [-0.2, 0) is 14.6 Å². The molecule has 6 heteroatoms. The molecule has 0 bridgehead atoms. The predicted octanol–water partition coefficient (Wildman–Crippen LogP) is 1.66. The second-order valence-corrected chi connectivity index (χ2v) is 7.10. The highest BCUT2D eigenvalue weighted by Gasteiger charge is 2.28. The Bertz CT molecular complexity index is 610. The van der Waals surface area contributed by atoms with E-state index >= 15 is 0 Å². The lowest BCUT2D eigenvalue weighted by molar-refractivity contribution is -0.116. The van der Waals surface area contributed by atoms with Gasteiger partial charge in [-0.3, -0.25) is 4.79 Å². The fourth-order valence-corrected chi connectivity index (χ4v) is 3.81. The molecule has 19 heavy (non-hydrogen) atoms. The molecule has 1 N–H and O–H groups in total. The largest absolute Gasteiger partial charge is 0.349 e. The molecule has 0 unspecified atom stereocenters. The van der Waals surface area contributed by atoms with E-state index in [2.05, 4.69) is 5.32 Å². The van der Waals surface area contributed by atoms with Gasteiger partial charge in [-0.2, -0.15) is 0 Å². The number of rotatable bonds is 3. The van der Waals surface area contributed by atoms with Crippen molar-refractivity contribution in [2.24, 2.45) is 0 Å². The lowest BCUT2D eigenvalue weighted by Crippen LogP contribution is -2.34. The number of amides is 1. The summed E-state index contributed by atoms with van der Waals surface area (Å²) in [5, 5.41) is 3.24. The van der Waals surface area contributed by atoms with Crippen molar-refractivity contribution >= 4 is 33.4 Å². The smallest absolute Gasteiger partial charge is 0.244 e. The Balaban J connectivity index is 1.94. The maximum absolute atomic E-state index is 11.7. The van der Waals surface area contributed by atoms with Crippen molar-refractivity contribution in [3.8, 4) is 0 Å². The summed E-state index contributed by atoms with van der Waals surface area (Å²) in [7, 11) is -2.97. The molecule has 0 radical (unpaired) electrons. The second-order valence-electron chi connectivity index (χ2n) is 4.46. The third-order valence-corrected chi connectivity index (χ3v) is 5.01. The van der Waals surface area contributed by atoms with Crippen LogP contribution in [0.2, 0.25) is 5.02 Å². The van der Waals surface area contributed by atoms with Gasteiger partial charge in [0.15, 0.2) is 9.84 Å². The van der Waals surface area contributed by atoms with E-state index in [1.54, 1.807) is 18.2 Å². The van der Waals surface area contributed by atoms with E-state index in [1.807, 2.05) is 12.1 Å². The van der Waals surface area contributed by atoms with E-state index in [0.29, 0.717) is 11.4 Å². The Morgan fingerprint density at radius 1 is 1.37 bits per heavy atom. The number of hydrogen-bond donors (Lipinski definition) is 1. The molecule has 1 aliphatic heterocycles. The first-order valence-electron chi connectivity index (χ1n) is 5.90. The van der Waals surface area contributed by atoms with Crippen molar-refractivity contribution in [2.75, 3.05) is 11.5 Å². The first-order chi connectivity index (χ1) is 8.96. The molecule has 1 fully saturated rings. The summed E-state index contributed by atoms with van der Waals surface area (Å²) in [5.41, 5.74) is 0.748. The summed E-state index contributed by atoms with van der Waals surface area (Å²) >= 11 is 5.95. The first kappa shape index (κ1) is 14.1. The maximum Gasteiger partial charge on any atom is 0.244 e. The van der Waals surface area contributed by atoms with Gasteiger partial charge in [-0.05, 0) is 24.1 Å². The molecule has 102 valence electrons. The van der Waals surface area contributed by atoms with Crippen LogP contribution in [0.3, 0.4) is 0 Å². The number of carbonyl (C=O) groups excluding carboxylic acids is 1. The standard InChI is InChI=1S/C13H14ClNO3S/c14-12-4-2-1-3-10(12)5-6-13(16)15-11-7-8-19(17,18)9-11/h1-6,11H,7-9H2,(H,15,16)/b6-5-/t11-/m1/s1. The summed E-state index contributed by atoms with van der Waals surface area (Å²) < 4.78 is 22.5. The SMILES string of the molecule is O=C(/C=C\c1ccccc1Cl)N[C@@H]1CCS(=O)(=O)C1. The zero-order chi connectivity index (χ0) is 13.9. The van der Waals surface area contributed by atoms with Crippen molar-refractivity contribution in [3.63, 3.8) is 0 Å². The number of sulfone groups is 1. The first-order valence-corrected chi connectivity index (χ1v) is 8.10. The summed E-state index contributed by atoms with van der Waals surface area (Å²) in [6.07, 6.45) is 3.46. The highest BCUT2D eigenvalue weighted by atomic mass is 35.5. The minimum atomic E-state index is -2.97. The van der Waals surface area contributed by atoms with E-state index in [9.17, 15) is 13.2 Å². The van der Waals surface area contributed by atoms with Gasteiger partial charge in [0.1, 0.15) is 0 Å². The van der Waals surface area contributed by atoms with Gasteiger partial charge in [0.2, 0.25) is 5.91 Å². The average molecular weight is 300 g/mol. The molecule has 1 heterocycles. The fourth-order valence-electron chi connectivity index (χ4n) is 1.93. The van der Waals surface area contributed by atoms with E-state index < -0.39 is 9.84 Å². The van der Waals surface area contributed by atoms with Gasteiger partial charge < -0.3 is 5.32 Å². The molecule has 0 aliphatic carbocycles. The Labute approximate surface area is 117 Å². The zero-order valence-electron chi connectivity index (χ0n) is 10.2. The molecule has 1 aromatic rings. The monoisotopic (exact) mass is 299 g/mol. The number of hydrogen-bond acceptors (Lipinski definition) is 3. The Morgan fingerprint density at radius 2 is 2.11 bits per heavy atom. The van der Waals surface area contributed by atoms with Crippen molar-refractivity contribution in [1.29, 1.82) is 0 Å². The van der Waals surface area contributed by atoms with Crippen LogP contribution in [0.25, 0.3) is 6.08 Å². The molecular weight excluding hydrogens is 286 g/mol. The van der Waals surface area contributed by atoms with Gasteiger partial charge in [0, 0.05) is 17.1 Å². The molecule has 1 aromatic carbocycles. The number of halogens is 1. The molecule has 1 saturated heterocycles.